The lowest BCUT2D eigenvalue weighted by Gasteiger charge is -2.31. The van der Waals surface area contributed by atoms with Crippen molar-refractivity contribution in [1.29, 1.82) is 0 Å². The summed E-state index contributed by atoms with van der Waals surface area (Å²) in [7, 11) is -4.32. The minimum absolute atomic E-state index is 0.0798. The number of hydrogen-bond donors (Lipinski definition) is 4. The Morgan fingerprint density at radius 1 is 1.11 bits per heavy atom. The van der Waals surface area contributed by atoms with Gasteiger partial charge in [-0.05, 0) is 27.2 Å². The van der Waals surface area contributed by atoms with Crippen molar-refractivity contribution in [3.63, 3.8) is 0 Å². The van der Waals surface area contributed by atoms with Crippen LogP contribution in [-0.4, -0.2) is 53.2 Å². The molecule has 0 saturated heterocycles. The zero-order chi connectivity index (χ0) is 21.3. The van der Waals surface area contributed by atoms with Crippen molar-refractivity contribution in [2.24, 2.45) is 5.41 Å². The Kier molecular flexibility index (Phi) is 10.7. The number of phosphoric acid groups is 1. The lowest BCUT2D eigenvalue weighted by atomic mass is 9.87. The number of carbonyl (C=O) groups excluding carboxylic acids is 2. The predicted molar refractivity (Wildman–Crippen MR) is 102 cm³/mol. The molecule has 2 atom stereocenters. The second kappa shape index (κ2) is 11.1. The van der Waals surface area contributed by atoms with E-state index in [4.69, 9.17) is 9.05 Å². The molecular formula is C17H35N2O7P. The number of rotatable bonds is 12. The van der Waals surface area contributed by atoms with Crippen LogP contribution in [-0.2, 0) is 23.2 Å². The highest BCUT2D eigenvalue weighted by molar-refractivity contribution is 7.47. The van der Waals surface area contributed by atoms with Crippen LogP contribution in [0.25, 0.3) is 0 Å². The van der Waals surface area contributed by atoms with Crippen LogP contribution in [0.5, 0.6) is 0 Å². The zero-order valence-corrected chi connectivity index (χ0v) is 18.1. The van der Waals surface area contributed by atoms with Gasteiger partial charge in [0.15, 0.2) is 0 Å². The summed E-state index contributed by atoms with van der Waals surface area (Å²) >= 11 is 0. The summed E-state index contributed by atoms with van der Waals surface area (Å²) in [6.45, 7) is 10.2. The zero-order valence-electron chi connectivity index (χ0n) is 17.2. The van der Waals surface area contributed by atoms with Crippen molar-refractivity contribution in [2.75, 3.05) is 19.7 Å². The molecule has 0 aliphatic heterocycles. The molecule has 2 amide bonds. The molecule has 0 rings (SSSR count). The van der Waals surface area contributed by atoms with E-state index in [9.17, 15) is 24.2 Å². The van der Waals surface area contributed by atoms with Crippen molar-refractivity contribution in [3.8, 4) is 0 Å². The number of unbranched alkanes of at least 4 members (excludes halogenated alkanes) is 1. The second-order valence-corrected chi connectivity index (χ2v) is 9.46. The molecule has 2 unspecified atom stereocenters. The normalized spacial score (nSPS) is 15.7. The number of hydrogen-bond acceptors (Lipinski definition) is 6. The number of amides is 2. The fourth-order valence-electron chi connectivity index (χ4n) is 1.94. The van der Waals surface area contributed by atoms with Crippen LogP contribution in [0.4, 0.5) is 0 Å². The maximum Gasteiger partial charge on any atom is 0.472 e. The van der Waals surface area contributed by atoms with Gasteiger partial charge in [0.05, 0.1) is 12.2 Å². The van der Waals surface area contributed by atoms with Gasteiger partial charge in [-0.15, -0.1) is 0 Å². The second-order valence-electron chi connectivity index (χ2n) is 8.08. The molecule has 0 fully saturated rings. The molecule has 0 aliphatic carbocycles. The number of phosphoric ester groups is 1. The van der Waals surface area contributed by atoms with Gasteiger partial charge in [0.25, 0.3) is 0 Å². The van der Waals surface area contributed by atoms with E-state index in [2.05, 4.69) is 10.6 Å². The molecule has 160 valence electrons. The quantitative estimate of drug-likeness (QED) is 0.284. The molecule has 10 heteroatoms. The Labute approximate surface area is 161 Å². The van der Waals surface area contributed by atoms with Gasteiger partial charge >= 0.3 is 7.82 Å². The largest absolute Gasteiger partial charge is 0.472 e. The predicted octanol–water partition coefficient (Wildman–Crippen LogP) is 1.73. The van der Waals surface area contributed by atoms with Gasteiger partial charge < -0.3 is 20.6 Å². The molecule has 0 spiro atoms. The van der Waals surface area contributed by atoms with Gasteiger partial charge in [0, 0.05) is 24.9 Å². The van der Waals surface area contributed by atoms with E-state index in [1.54, 1.807) is 20.8 Å². The Morgan fingerprint density at radius 2 is 1.70 bits per heavy atom. The van der Waals surface area contributed by atoms with E-state index in [-0.39, 0.29) is 25.5 Å². The number of aliphatic hydroxyl groups excluding tert-OH is 1. The molecule has 27 heavy (non-hydrogen) atoms. The standard InChI is InChI=1S/C17H35N2O7P/c1-7-8-10-18-13(20)9-11-19-15(22)14(21)17(5,6)12-25-27(23,24)26-16(2,3)4/h14,21H,7-12H2,1-6H3,(H,18,20)(H,19,22)(H,23,24). The summed E-state index contributed by atoms with van der Waals surface area (Å²) in [5.74, 6) is -0.865. The lowest BCUT2D eigenvalue weighted by molar-refractivity contribution is -0.137. The first kappa shape index (κ1) is 26.0. The first-order chi connectivity index (χ1) is 12.2. The highest BCUT2D eigenvalue weighted by Gasteiger charge is 2.38. The summed E-state index contributed by atoms with van der Waals surface area (Å²) in [6.07, 6.45) is 0.473. The van der Waals surface area contributed by atoms with Crippen molar-refractivity contribution < 1.29 is 33.2 Å². The fourth-order valence-corrected chi connectivity index (χ4v) is 3.18. The smallest absolute Gasteiger partial charge is 0.383 e. The Morgan fingerprint density at radius 3 is 2.22 bits per heavy atom. The Bertz CT molecular complexity index is 532. The molecule has 0 radical (unpaired) electrons. The summed E-state index contributed by atoms with van der Waals surface area (Å²) in [4.78, 5) is 33.4. The molecule has 0 aromatic rings. The van der Waals surface area contributed by atoms with E-state index >= 15 is 0 Å². The maximum atomic E-state index is 12.1. The van der Waals surface area contributed by atoms with Crippen LogP contribution in [0.3, 0.4) is 0 Å². The molecule has 0 aromatic heterocycles. The van der Waals surface area contributed by atoms with Crippen LogP contribution < -0.4 is 10.6 Å². The van der Waals surface area contributed by atoms with Gasteiger partial charge in [0.1, 0.15) is 6.10 Å². The Hall–Kier alpha value is -0.990. The van der Waals surface area contributed by atoms with E-state index in [0.717, 1.165) is 12.8 Å². The molecule has 0 bridgehead atoms. The number of carbonyl (C=O) groups is 2. The lowest BCUT2D eigenvalue weighted by Crippen LogP contribution is -2.46. The van der Waals surface area contributed by atoms with E-state index in [0.29, 0.717) is 6.54 Å². The number of nitrogens with one attached hydrogen (secondary N) is 2. The molecule has 0 aliphatic rings. The fraction of sp³-hybridized carbons (Fsp3) is 0.882. The maximum absolute atomic E-state index is 12.1. The minimum Gasteiger partial charge on any atom is -0.383 e. The van der Waals surface area contributed by atoms with E-state index < -0.39 is 30.8 Å². The average molecular weight is 410 g/mol. The summed E-state index contributed by atoms with van der Waals surface area (Å²) in [6, 6.07) is 0. The van der Waals surface area contributed by atoms with Crippen LogP contribution >= 0.6 is 7.82 Å². The first-order valence-corrected chi connectivity index (χ1v) is 10.6. The number of aliphatic hydroxyl groups is 1. The molecule has 0 heterocycles. The summed E-state index contributed by atoms with van der Waals surface area (Å²) in [5, 5.41) is 15.4. The van der Waals surface area contributed by atoms with Gasteiger partial charge in [-0.25, -0.2) is 4.57 Å². The summed E-state index contributed by atoms with van der Waals surface area (Å²) in [5.41, 5.74) is -2.03. The molecular weight excluding hydrogens is 375 g/mol. The van der Waals surface area contributed by atoms with Gasteiger partial charge in [-0.2, -0.15) is 0 Å². The van der Waals surface area contributed by atoms with E-state index in [1.165, 1.54) is 13.8 Å². The SMILES string of the molecule is CCCCNC(=O)CCNC(=O)C(O)C(C)(C)COP(=O)(O)OC(C)(C)C. The minimum atomic E-state index is -4.32. The van der Waals surface area contributed by atoms with Crippen LogP contribution in [0.1, 0.15) is 60.8 Å². The average Bonchev–Trinajstić information content (AvgIpc) is 2.50. The highest BCUT2D eigenvalue weighted by Crippen LogP contribution is 2.48. The highest BCUT2D eigenvalue weighted by atomic mass is 31.2. The van der Waals surface area contributed by atoms with Crippen molar-refractivity contribution >= 4 is 19.6 Å². The first-order valence-electron chi connectivity index (χ1n) is 9.11. The molecule has 4 N–H and O–H groups in total. The Balaban J connectivity index is 4.42. The van der Waals surface area contributed by atoms with Gasteiger partial charge in [-0.1, -0.05) is 27.2 Å². The summed E-state index contributed by atoms with van der Waals surface area (Å²) < 4.78 is 21.8. The molecule has 0 aromatic carbocycles. The van der Waals surface area contributed by atoms with Crippen LogP contribution in [0.15, 0.2) is 0 Å². The third-order valence-electron chi connectivity index (χ3n) is 3.48. The van der Waals surface area contributed by atoms with Crippen molar-refractivity contribution in [2.45, 2.75) is 72.5 Å². The van der Waals surface area contributed by atoms with Crippen molar-refractivity contribution in [3.05, 3.63) is 0 Å². The topological polar surface area (TPSA) is 134 Å². The van der Waals surface area contributed by atoms with Crippen LogP contribution in [0, 0.1) is 5.41 Å². The van der Waals surface area contributed by atoms with Gasteiger partial charge in [-0.3, -0.25) is 18.6 Å². The van der Waals surface area contributed by atoms with E-state index in [1.807, 2.05) is 6.92 Å². The monoisotopic (exact) mass is 410 g/mol. The third kappa shape index (κ3) is 12.2. The van der Waals surface area contributed by atoms with Crippen LogP contribution in [0.2, 0.25) is 0 Å². The molecule has 9 nitrogen and oxygen atoms in total. The van der Waals surface area contributed by atoms with Crippen molar-refractivity contribution in [1.82, 2.24) is 10.6 Å². The molecule has 0 saturated carbocycles. The third-order valence-corrected chi connectivity index (χ3v) is 4.72. The van der Waals surface area contributed by atoms with Gasteiger partial charge in [0.2, 0.25) is 11.8 Å².